The Kier molecular flexibility index (Phi) is 4.87. The smallest absolute Gasteiger partial charge is 0.329 e. The topological polar surface area (TPSA) is 124 Å². The minimum Gasteiger partial charge on any atom is -0.548 e. The highest BCUT2D eigenvalue weighted by atomic mass is 16.4. The maximum absolute atomic E-state index is 12.7. The van der Waals surface area contributed by atoms with Crippen LogP contribution in [0.4, 0.5) is 0 Å². The number of hydrogen-bond acceptors (Lipinski definition) is 5. The van der Waals surface area contributed by atoms with Crippen LogP contribution in [0.5, 0.6) is 0 Å². The number of carboxylic acids is 1. The summed E-state index contributed by atoms with van der Waals surface area (Å²) in [6, 6.07) is 4.07. The molecule has 0 aliphatic carbocycles. The molecule has 128 valence electrons. The third-order valence-corrected chi connectivity index (χ3v) is 3.73. The van der Waals surface area contributed by atoms with Gasteiger partial charge in [0, 0.05) is 0 Å². The summed E-state index contributed by atoms with van der Waals surface area (Å²) in [5.41, 5.74) is -0.965. The number of rotatable bonds is 5. The minimum atomic E-state index is -1.45. The summed E-state index contributed by atoms with van der Waals surface area (Å²) in [5, 5.41) is 13.3. The number of para-hydroxylation sites is 1. The lowest BCUT2D eigenvalue weighted by Crippen LogP contribution is -2.52. The number of aromatic amines is 1. The largest absolute Gasteiger partial charge is 0.548 e. The molecule has 1 aromatic heterocycles. The molecular weight excluding hydrogens is 314 g/mol. The van der Waals surface area contributed by atoms with Crippen molar-refractivity contribution in [3.63, 3.8) is 0 Å². The van der Waals surface area contributed by atoms with Crippen molar-refractivity contribution in [1.82, 2.24) is 14.9 Å². The van der Waals surface area contributed by atoms with Gasteiger partial charge in [-0.2, -0.15) is 0 Å². The maximum atomic E-state index is 12.7. The lowest BCUT2D eigenvalue weighted by molar-refractivity contribution is -0.307. The van der Waals surface area contributed by atoms with Gasteiger partial charge in [0.15, 0.2) is 0 Å². The number of fused-ring (bicyclic) bond motifs is 1. The molecule has 2 atom stereocenters. The van der Waals surface area contributed by atoms with Gasteiger partial charge in [0.1, 0.15) is 6.04 Å². The summed E-state index contributed by atoms with van der Waals surface area (Å²) in [4.78, 5) is 50.8. The second-order valence-electron chi connectivity index (χ2n) is 5.89. The number of aliphatic carboxylic acids is 1. The molecule has 2 N–H and O–H groups in total. The van der Waals surface area contributed by atoms with Gasteiger partial charge in [-0.3, -0.25) is 9.59 Å². The molecule has 0 radical (unpaired) electrons. The van der Waals surface area contributed by atoms with Crippen LogP contribution in [0.3, 0.4) is 0 Å². The average Bonchev–Trinajstić information content (AvgIpc) is 2.50. The van der Waals surface area contributed by atoms with Gasteiger partial charge < -0.3 is 20.2 Å². The summed E-state index contributed by atoms with van der Waals surface area (Å²) >= 11 is 0. The number of carbonyl (C=O) groups excluding carboxylic acids is 2. The normalized spacial score (nSPS) is 13.7. The molecule has 1 heterocycles. The number of amides is 1. The van der Waals surface area contributed by atoms with E-state index < -0.39 is 41.1 Å². The predicted molar refractivity (Wildman–Crippen MR) is 85.3 cm³/mol. The number of aromatic nitrogens is 2. The fraction of sp³-hybridized carbons (Fsp3) is 0.375. The molecule has 2 aromatic rings. The standard InChI is InChI=1S/C16H19N3O5/c1-8(2)12(13(20)17-9(3)15(22)23)19-14(21)10-6-4-5-7-11(10)18-16(19)24/h4-9,12H,1-3H3,(H,17,20)(H,18,24)(H,22,23)/p-1/t9-,12-/m0/s1. The fourth-order valence-electron chi connectivity index (χ4n) is 2.50. The Morgan fingerprint density at radius 2 is 1.79 bits per heavy atom. The van der Waals surface area contributed by atoms with Crippen LogP contribution in [-0.2, 0) is 9.59 Å². The SMILES string of the molecule is CC(C)[C@@H](C(=O)N[C@@H](C)C(=O)[O-])n1c(=O)[nH]c2ccccc2c1=O. The van der Waals surface area contributed by atoms with Gasteiger partial charge in [-0.1, -0.05) is 26.0 Å². The van der Waals surface area contributed by atoms with Crippen LogP contribution >= 0.6 is 0 Å². The van der Waals surface area contributed by atoms with Crippen LogP contribution < -0.4 is 21.7 Å². The fourth-order valence-corrected chi connectivity index (χ4v) is 2.50. The van der Waals surface area contributed by atoms with Crippen LogP contribution in [0.2, 0.25) is 0 Å². The molecule has 0 saturated heterocycles. The zero-order valence-corrected chi connectivity index (χ0v) is 13.5. The first-order valence-electron chi connectivity index (χ1n) is 7.48. The van der Waals surface area contributed by atoms with Crippen LogP contribution in [0.1, 0.15) is 26.8 Å². The summed E-state index contributed by atoms with van der Waals surface area (Å²) < 4.78 is 0.824. The lowest BCUT2D eigenvalue weighted by atomic mass is 10.0. The Hall–Kier alpha value is -2.90. The van der Waals surface area contributed by atoms with E-state index in [0.29, 0.717) is 5.52 Å². The zero-order valence-electron chi connectivity index (χ0n) is 13.5. The maximum Gasteiger partial charge on any atom is 0.329 e. The molecule has 8 heteroatoms. The zero-order chi connectivity index (χ0) is 18.0. The van der Waals surface area contributed by atoms with E-state index in [4.69, 9.17) is 0 Å². The van der Waals surface area contributed by atoms with Crippen LogP contribution in [0.15, 0.2) is 33.9 Å². The molecule has 1 amide bonds. The predicted octanol–water partition coefficient (Wildman–Crippen LogP) is -0.858. The van der Waals surface area contributed by atoms with E-state index in [-0.39, 0.29) is 5.39 Å². The Bertz CT molecular complexity index is 896. The number of H-pyrrole nitrogens is 1. The van der Waals surface area contributed by atoms with Crippen molar-refractivity contribution >= 4 is 22.8 Å². The molecule has 0 unspecified atom stereocenters. The highest BCUT2D eigenvalue weighted by Gasteiger charge is 2.28. The van der Waals surface area contributed by atoms with Crippen molar-refractivity contribution in [2.45, 2.75) is 32.9 Å². The number of nitrogens with zero attached hydrogens (tertiary/aromatic N) is 1. The van der Waals surface area contributed by atoms with Gasteiger partial charge in [0.25, 0.3) is 5.56 Å². The van der Waals surface area contributed by atoms with Crippen molar-refractivity contribution in [3.8, 4) is 0 Å². The quantitative estimate of drug-likeness (QED) is 0.737. The summed E-state index contributed by atoms with van der Waals surface area (Å²) in [6.07, 6.45) is 0. The van der Waals surface area contributed by atoms with E-state index in [1.165, 1.54) is 6.92 Å². The minimum absolute atomic E-state index is 0.267. The van der Waals surface area contributed by atoms with Gasteiger partial charge in [0.2, 0.25) is 5.91 Å². The van der Waals surface area contributed by atoms with E-state index in [0.717, 1.165) is 4.57 Å². The number of benzene rings is 1. The van der Waals surface area contributed by atoms with Crippen LogP contribution in [0, 0.1) is 5.92 Å². The van der Waals surface area contributed by atoms with Crippen molar-refractivity contribution in [3.05, 3.63) is 45.1 Å². The number of carboxylic acid groups (broad SMARTS) is 1. The first-order chi connectivity index (χ1) is 11.2. The van der Waals surface area contributed by atoms with E-state index >= 15 is 0 Å². The monoisotopic (exact) mass is 332 g/mol. The molecule has 0 saturated carbocycles. The Balaban J connectivity index is 2.59. The molecule has 2 rings (SSSR count). The molecule has 24 heavy (non-hydrogen) atoms. The number of hydrogen-bond donors (Lipinski definition) is 2. The molecule has 0 fully saturated rings. The molecule has 0 aliphatic heterocycles. The summed E-state index contributed by atoms with van der Waals surface area (Å²) in [6.45, 7) is 4.57. The molecule has 0 bridgehead atoms. The second kappa shape index (κ2) is 6.69. The van der Waals surface area contributed by atoms with Gasteiger partial charge in [-0.05, 0) is 25.0 Å². The van der Waals surface area contributed by atoms with Crippen molar-refractivity contribution < 1.29 is 14.7 Å². The molecule has 0 aliphatic rings. The first-order valence-corrected chi connectivity index (χ1v) is 7.48. The molecule has 1 aromatic carbocycles. The highest BCUT2D eigenvalue weighted by molar-refractivity contribution is 5.85. The first kappa shape index (κ1) is 17.5. The van der Waals surface area contributed by atoms with Crippen LogP contribution in [0.25, 0.3) is 10.9 Å². The number of carbonyl (C=O) groups is 2. The van der Waals surface area contributed by atoms with E-state index in [1.807, 2.05) is 0 Å². The Morgan fingerprint density at radius 1 is 1.17 bits per heavy atom. The van der Waals surface area contributed by atoms with E-state index in [9.17, 15) is 24.3 Å². The molecule has 0 spiro atoms. The lowest BCUT2D eigenvalue weighted by Gasteiger charge is -2.24. The van der Waals surface area contributed by atoms with Gasteiger partial charge in [-0.15, -0.1) is 0 Å². The van der Waals surface area contributed by atoms with Gasteiger partial charge in [-0.25, -0.2) is 9.36 Å². The van der Waals surface area contributed by atoms with Crippen LogP contribution in [-0.4, -0.2) is 27.5 Å². The van der Waals surface area contributed by atoms with Crippen molar-refractivity contribution in [2.24, 2.45) is 5.92 Å². The van der Waals surface area contributed by atoms with E-state index in [1.54, 1.807) is 38.1 Å². The highest BCUT2D eigenvalue weighted by Crippen LogP contribution is 2.16. The molecule has 8 nitrogen and oxygen atoms in total. The van der Waals surface area contributed by atoms with Gasteiger partial charge in [0.05, 0.1) is 22.9 Å². The Morgan fingerprint density at radius 3 is 2.38 bits per heavy atom. The Labute approximate surface area is 137 Å². The van der Waals surface area contributed by atoms with Crippen molar-refractivity contribution in [1.29, 1.82) is 0 Å². The number of nitrogens with one attached hydrogen (secondary N) is 2. The van der Waals surface area contributed by atoms with Crippen molar-refractivity contribution in [2.75, 3.05) is 0 Å². The molecular formula is C16H18N3O5-. The third-order valence-electron chi connectivity index (χ3n) is 3.73. The third kappa shape index (κ3) is 3.22. The van der Waals surface area contributed by atoms with E-state index in [2.05, 4.69) is 10.3 Å². The van der Waals surface area contributed by atoms with Gasteiger partial charge >= 0.3 is 5.69 Å². The average molecular weight is 332 g/mol. The second-order valence-corrected chi connectivity index (χ2v) is 5.89. The summed E-state index contributed by atoms with van der Waals surface area (Å²) in [7, 11) is 0. The summed E-state index contributed by atoms with van der Waals surface area (Å²) in [5.74, 6) is -2.60.